The maximum atomic E-state index is 12.5. The molecule has 0 atom stereocenters. The number of anilines is 1. The largest absolute Gasteiger partial charge is 0.279 e. The van der Waals surface area contributed by atoms with Gasteiger partial charge in [0.25, 0.3) is 10.0 Å². The molecule has 0 heterocycles. The molecule has 0 amide bonds. The van der Waals surface area contributed by atoms with Crippen LogP contribution in [0.15, 0.2) is 83.8 Å². The summed E-state index contributed by atoms with van der Waals surface area (Å²) in [7, 11) is -3.58. The zero-order valence-electron chi connectivity index (χ0n) is 12.7. The maximum absolute atomic E-state index is 12.5. The van der Waals surface area contributed by atoms with Gasteiger partial charge in [0, 0.05) is 0 Å². The number of rotatable bonds is 4. The first-order valence-corrected chi connectivity index (χ1v) is 8.78. The van der Waals surface area contributed by atoms with Gasteiger partial charge in [0.05, 0.1) is 10.6 Å². The van der Waals surface area contributed by atoms with Gasteiger partial charge in [-0.1, -0.05) is 60.7 Å². The van der Waals surface area contributed by atoms with Crippen molar-refractivity contribution in [3.05, 3.63) is 84.4 Å². The molecule has 116 valence electrons. The number of para-hydroxylation sites is 1. The van der Waals surface area contributed by atoms with E-state index in [9.17, 15) is 8.42 Å². The Morgan fingerprint density at radius 1 is 0.696 bits per heavy atom. The predicted octanol–water partition coefficient (Wildman–Crippen LogP) is 4.46. The van der Waals surface area contributed by atoms with Crippen molar-refractivity contribution < 1.29 is 8.42 Å². The summed E-state index contributed by atoms with van der Waals surface area (Å²) in [6.07, 6.45) is 0. The summed E-state index contributed by atoms with van der Waals surface area (Å²) >= 11 is 0. The van der Waals surface area contributed by atoms with E-state index in [1.54, 1.807) is 18.2 Å². The summed E-state index contributed by atoms with van der Waals surface area (Å²) in [4.78, 5) is 0.250. The minimum Gasteiger partial charge on any atom is -0.279 e. The fraction of sp³-hybridized carbons (Fsp3) is 0.0526. The van der Waals surface area contributed by atoms with Crippen LogP contribution in [0.4, 0.5) is 5.69 Å². The summed E-state index contributed by atoms with van der Waals surface area (Å²) < 4.78 is 27.6. The molecule has 3 nitrogen and oxygen atoms in total. The van der Waals surface area contributed by atoms with E-state index in [1.807, 2.05) is 67.6 Å². The van der Waals surface area contributed by atoms with Gasteiger partial charge in [0.1, 0.15) is 0 Å². The zero-order valence-corrected chi connectivity index (χ0v) is 13.5. The Hall–Kier alpha value is -2.59. The van der Waals surface area contributed by atoms with Gasteiger partial charge in [-0.15, -0.1) is 0 Å². The van der Waals surface area contributed by atoms with Crippen molar-refractivity contribution in [2.24, 2.45) is 0 Å². The molecule has 3 aromatic carbocycles. The highest BCUT2D eigenvalue weighted by atomic mass is 32.2. The van der Waals surface area contributed by atoms with Gasteiger partial charge in [0.2, 0.25) is 0 Å². The average Bonchev–Trinajstić information content (AvgIpc) is 2.58. The van der Waals surface area contributed by atoms with Gasteiger partial charge in [-0.3, -0.25) is 4.72 Å². The van der Waals surface area contributed by atoms with Gasteiger partial charge in [0.15, 0.2) is 0 Å². The second-order valence-electron chi connectivity index (χ2n) is 5.31. The minimum atomic E-state index is -3.58. The molecule has 1 N–H and O–H groups in total. The monoisotopic (exact) mass is 323 g/mol. The van der Waals surface area contributed by atoms with E-state index in [-0.39, 0.29) is 4.90 Å². The van der Waals surface area contributed by atoms with Gasteiger partial charge >= 0.3 is 0 Å². The van der Waals surface area contributed by atoms with E-state index in [1.165, 1.54) is 0 Å². The molecule has 0 saturated heterocycles. The zero-order chi connectivity index (χ0) is 16.3. The molecule has 23 heavy (non-hydrogen) atoms. The number of aryl methyl sites for hydroxylation is 1. The van der Waals surface area contributed by atoms with Crippen LogP contribution in [0.2, 0.25) is 0 Å². The molecule has 3 aromatic rings. The maximum Gasteiger partial charge on any atom is 0.261 e. The van der Waals surface area contributed by atoms with E-state index in [0.717, 1.165) is 16.7 Å². The molecule has 0 aliphatic rings. The summed E-state index contributed by atoms with van der Waals surface area (Å²) in [5.41, 5.74) is 3.53. The Morgan fingerprint density at radius 3 is 1.91 bits per heavy atom. The third-order valence-electron chi connectivity index (χ3n) is 3.66. The highest BCUT2D eigenvalue weighted by Gasteiger charge is 2.15. The van der Waals surface area contributed by atoms with Crippen LogP contribution in [0.25, 0.3) is 11.1 Å². The quantitative estimate of drug-likeness (QED) is 0.770. The van der Waals surface area contributed by atoms with Crippen molar-refractivity contribution >= 4 is 15.7 Å². The van der Waals surface area contributed by atoms with Crippen molar-refractivity contribution in [3.8, 4) is 11.1 Å². The summed E-state index contributed by atoms with van der Waals surface area (Å²) in [6, 6.07) is 24.1. The number of nitrogens with one attached hydrogen (secondary N) is 1. The van der Waals surface area contributed by atoms with Crippen LogP contribution in [0.3, 0.4) is 0 Å². The summed E-state index contributed by atoms with van der Waals surface area (Å²) in [5.74, 6) is 0. The lowest BCUT2D eigenvalue weighted by molar-refractivity contribution is 0.601. The fourth-order valence-electron chi connectivity index (χ4n) is 2.35. The molecule has 4 heteroatoms. The molecule has 0 aromatic heterocycles. The van der Waals surface area contributed by atoms with Crippen LogP contribution >= 0.6 is 0 Å². The molecule has 3 rings (SSSR count). The molecule has 0 bridgehead atoms. The second-order valence-corrected chi connectivity index (χ2v) is 6.99. The van der Waals surface area contributed by atoms with Crippen molar-refractivity contribution in [1.29, 1.82) is 0 Å². The topological polar surface area (TPSA) is 46.2 Å². The molecule has 0 aliphatic carbocycles. The van der Waals surface area contributed by atoms with Crippen molar-refractivity contribution in [2.75, 3.05) is 4.72 Å². The van der Waals surface area contributed by atoms with E-state index < -0.39 is 10.0 Å². The van der Waals surface area contributed by atoms with E-state index >= 15 is 0 Å². The minimum absolute atomic E-state index is 0.250. The molecule has 0 unspecified atom stereocenters. The standard InChI is InChI=1S/C19H17NO2S/c1-15-7-5-6-10-19(15)20-23(21,22)18-13-11-17(12-14-18)16-8-3-2-4-9-16/h2-14,20H,1H3. The van der Waals surface area contributed by atoms with Crippen molar-refractivity contribution in [2.45, 2.75) is 11.8 Å². The Morgan fingerprint density at radius 2 is 1.26 bits per heavy atom. The van der Waals surface area contributed by atoms with Gasteiger partial charge in [-0.05, 0) is 41.8 Å². The van der Waals surface area contributed by atoms with Crippen molar-refractivity contribution in [3.63, 3.8) is 0 Å². The van der Waals surface area contributed by atoms with Crippen LogP contribution < -0.4 is 4.72 Å². The Balaban J connectivity index is 1.88. The Bertz CT molecular complexity index is 902. The molecular formula is C19H17NO2S. The average molecular weight is 323 g/mol. The van der Waals surface area contributed by atoms with Crippen LogP contribution in [0.5, 0.6) is 0 Å². The molecule has 0 fully saturated rings. The first kappa shape index (κ1) is 15.3. The third kappa shape index (κ3) is 3.43. The predicted molar refractivity (Wildman–Crippen MR) is 93.9 cm³/mol. The van der Waals surface area contributed by atoms with Gasteiger partial charge in [-0.25, -0.2) is 8.42 Å². The normalized spacial score (nSPS) is 11.2. The summed E-state index contributed by atoms with van der Waals surface area (Å²) in [6.45, 7) is 1.87. The van der Waals surface area contributed by atoms with Crippen LogP contribution in [0, 0.1) is 6.92 Å². The van der Waals surface area contributed by atoms with E-state index in [4.69, 9.17) is 0 Å². The highest BCUT2D eigenvalue weighted by molar-refractivity contribution is 7.92. The third-order valence-corrected chi connectivity index (χ3v) is 5.04. The van der Waals surface area contributed by atoms with Crippen LogP contribution in [-0.2, 0) is 10.0 Å². The summed E-state index contributed by atoms with van der Waals surface area (Å²) in [5, 5.41) is 0. The van der Waals surface area contributed by atoms with Gasteiger partial charge in [-0.2, -0.15) is 0 Å². The number of sulfonamides is 1. The number of benzene rings is 3. The molecular weight excluding hydrogens is 306 g/mol. The molecule has 0 saturated carbocycles. The Labute approximate surface area is 136 Å². The van der Waals surface area contributed by atoms with E-state index in [2.05, 4.69) is 4.72 Å². The Kier molecular flexibility index (Phi) is 4.17. The highest BCUT2D eigenvalue weighted by Crippen LogP contribution is 2.23. The lowest BCUT2D eigenvalue weighted by Gasteiger charge is -2.11. The first-order chi connectivity index (χ1) is 11.1. The lowest BCUT2D eigenvalue weighted by atomic mass is 10.1. The molecule has 0 radical (unpaired) electrons. The lowest BCUT2D eigenvalue weighted by Crippen LogP contribution is -2.13. The number of hydrogen-bond acceptors (Lipinski definition) is 2. The number of hydrogen-bond donors (Lipinski definition) is 1. The smallest absolute Gasteiger partial charge is 0.261 e. The van der Waals surface area contributed by atoms with Crippen molar-refractivity contribution in [1.82, 2.24) is 0 Å². The van der Waals surface area contributed by atoms with Crippen LogP contribution in [-0.4, -0.2) is 8.42 Å². The molecule has 0 aliphatic heterocycles. The van der Waals surface area contributed by atoms with Gasteiger partial charge < -0.3 is 0 Å². The first-order valence-electron chi connectivity index (χ1n) is 7.30. The van der Waals surface area contributed by atoms with E-state index in [0.29, 0.717) is 5.69 Å². The fourth-order valence-corrected chi connectivity index (χ4v) is 3.48. The molecule has 0 spiro atoms. The second kappa shape index (κ2) is 6.26. The SMILES string of the molecule is Cc1ccccc1NS(=O)(=O)c1ccc(-c2ccccc2)cc1. The van der Waals surface area contributed by atoms with Crippen LogP contribution in [0.1, 0.15) is 5.56 Å².